The summed E-state index contributed by atoms with van der Waals surface area (Å²) in [6, 6.07) is 2.29. The number of rotatable bonds is 5. The molecule has 0 saturated heterocycles. The number of anilines is 2. The number of hydrazine groups is 1. The molecule has 1 aliphatic carbocycles. The third-order valence-electron chi connectivity index (χ3n) is 3.20. The van der Waals surface area contributed by atoms with Crippen molar-refractivity contribution in [2.45, 2.75) is 31.7 Å². The van der Waals surface area contributed by atoms with Crippen molar-refractivity contribution in [1.82, 2.24) is 9.97 Å². The summed E-state index contributed by atoms with van der Waals surface area (Å²) in [5, 5.41) is 9.16. The van der Waals surface area contributed by atoms with Gasteiger partial charge in [-0.2, -0.15) is 0 Å². The molecule has 1 aromatic heterocycles. The molecule has 0 aromatic carbocycles. The van der Waals surface area contributed by atoms with Crippen LogP contribution in [0.5, 0.6) is 0 Å². The monoisotopic (exact) mass is 237 g/mol. The van der Waals surface area contributed by atoms with Gasteiger partial charge in [-0.1, -0.05) is 12.8 Å². The number of nitrogens with two attached hydrogens (primary N) is 1. The van der Waals surface area contributed by atoms with E-state index < -0.39 is 0 Å². The Morgan fingerprint density at radius 1 is 1.41 bits per heavy atom. The van der Waals surface area contributed by atoms with Crippen molar-refractivity contribution in [1.29, 1.82) is 0 Å². The van der Waals surface area contributed by atoms with Gasteiger partial charge in [-0.15, -0.1) is 0 Å². The molecule has 94 valence electrons. The van der Waals surface area contributed by atoms with Crippen LogP contribution in [0.4, 0.5) is 11.6 Å². The maximum absolute atomic E-state index is 9.16. The fraction of sp³-hybridized carbons (Fsp3) is 0.636. The van der Waals surface area contributed by atoms with Gasteiger partial charge in [0.25, 0.3) is 0 Å². The Labute approximate surface area is 101 Å². The third-order valence-corrected chi connectivity index (χ3v) is 3.20. The first-order valence-electron chi connectivity index (χ1n) is 6.01. The van der Waals surface area contributed by atoms with Crippen molar-refractivity contribution >= 4 is 11.6 Å². The van der Waals surface area contributed by atoms with Gasteiger partial charge in [0.1, 0.15) is 18.0 Å². The predicted molar refractivity (Wildman–Crippen MR) is 66.5 cm³/mol. The van der Waals surface area contributed by atoms with E-state index in [1.54, 1.807) is 0 Å². The van der Waals surface area contributed by atoms with Crippen LogP contribution in [-0.2, 0) is 0 Å². The molecule has 0 spiro atoms. The number of aliphatic hydroxyl groups excluding tert-OH is 1. The second-order valence-electron chi connectivity index (χ2n) is 4.26. The maximum atomic E-state index is 9.16. The standard InChI is InChI=1S/C11H19N5O/c12-15-10-7-11(14-8-13-10)16(5-6-17)9-3-1-2-4-9/h7-9,17H,1-6,12H2,(H,13,14,15). The molecule has 2 rings (SSSR count). The van der Waals surface area contributed by atoms with Crippen LogP contribution in [-0.4, -0.2) is 34.3 Å². The lowest BCUT2D eigenvalue weighted by Crippen LogP contribution is -2.36. The molecule has 1 aromatic rings. The summed E-state index contributed by atoms with van der Waals surface area (Å²) in [7, 11) is 0. The Balaban J connectivity index is 2.18. The number of hydrogen-bond donors (Lipinski definition) is 3. The highest BCUT2D eigenvalue weighted by atomic mass is 16.3. The van der Waals surface area contributed by atoms with Crippen molar-refractivity contribution in [2.75, 3.05) is 23.5 Å². The largest absolute Gasteiger partial charge is 0.395 e. The highest BCUT2D eigenvalue weighted by Crippen LogP contribution is 2.27. The molecule has 0 atom stereocenters. The second-order valence-corrected chi connectivity index (χ2v) is 4.26. The van der Waals surface area contributed by atoms with E-state index in [2.05, 4.69) is 20.3 Å². The number of nitrogens with zero attached hydrogens (tertiary/aromatic N) is 3. The zero-order chi connectivity index (χ0) is 12.1. The van der Waals surface area contributed by atoms with E-state index in [0.717, 1.165) is 18.7 Å². The lowest BCUT2D eigenvalue weighted by molar-refractivity contribution is 0.297. The van der Waals surface area contributed by atoms with E-state index in [-0.39, 0.29) is 6.61 Å². The van der Waals surface area contributed by atoms with Crippen LogP contribution in [0, 0.1) is 0 Å². The number of aliphatic hydroxyl groups is 1. The van der Waals surface area contributed by atoms with E-state index in [9.17, 15) is 0 Å². The molecule has 0 bridgehead atoms. The Hall–Kier alpha value is -1.40. The molecule has 17 heavy (non-hydrogen) atoms. The van der Waals surface area contributed by atoms with Crippen LogP contribution in [0.15, 0.2) is 12.4 Å². The molecule has 0 amide bonds. The first kappa shape index (κ1) is 12.1. The maximum Gasteiger partial charge on any atom is 0.145 e. The summed E-state index contributed by atoms with van der Waals surface area (Å²) < 4.78 is 0. The van der Waals surface area contributed by atoms with Crippen molar-refractivity contribution in [3.05, 3.63) is 12.4 Å². The Morgan fingerprint density at radius 3 is 2.82 bits per heavy atom. The van der Waals surface area contributed by atoms with Crippen LogP contribution < -0.4 is 16.2 Å². The van der Waals surface area contributed by atoms with Crippen molar-refractivity contribution in [3.8, 4) is 0 Å². The lowest BCUT2D eigenvalue weighted by atomic mass is 10.2. The molecule has 6 heteroatoms. The Kier molecular flexibility index (Phi) is 4.11. The van der Waals surface area contributed by atoms with Crippen LogP contribution in [0.1, 0.15) is 25.7 Å². The van der Waals surface area contributed by atoms with Gasteiger partial charge >= 0.3 is 0 Å². The van der Waals surface area contributed by atoms with Gasteiger partial charge in [0.2, 0.25) is 0 Å². The zero-order valence-electron chi connectivity index (χ0n) is 9.84. The Bertz CT molecular complexity index is 353. The minimum Gasteiger partial charge on any atom is -0.395 e. The van der Waals surface area contributed by atoms with E-state index >= 15 is 0 Å². The highest BCUT2D eigenvalue weighted by molar-refractivity contribution is 5.48. The van der Waals surface area contributed by atoms with Crippen LogP contribution >= 0.6 is 0 Å². The predicted octanol–water partition coefficient (Wildman–Crippen LogP) is 0.503. The molecule has 1 aliphatic rings. The van der Waals surface area contributed by atoms with Crippen LogP contribution in [0.25, 0.3) is 0 Å². The molecule has 1 saturated carbocycles. The molecular formula is C11H19N5O. The molecule has 4 N–H and O–H groups in total. The average Bonchev–Trinajstić information content (AvgIpc) is 2.89. The number of nitrogens with one attached hydrogen (secondary N) is 1. The Morgan fingerprint density at radius 2 is 2.18 bits per heavy atom. The lowest BCUT2D eigenvalue weighted by Gasteiger charge is -2.29. The number of hydrogen-bond acceptors (Lipinski definition) is 6. The summed E-state index contributed by atoms with van der Waals surface area (Å²) in [4.78, 5) is 10.4. The summed E-state index contributed by atoms with van der Waals surface area (Å²) in [5.74, 6) is 6.76. The molecule has 6 nitrogen and oxygen atoms in total. The zero-order valence-corrected chi connectivity index (χ0v) is 9.84. The molecule has 1 fully saturated rings. The first-order chi connectivity index (χ1) is 8.35. The normalized spacial score (nSPS) is 16.1. The van der Waals surface area contributed by atoms with Gasteiger partial charge < -0.3 is 15.4 Å². The first-order valence-corrected chi connectivity index (χ1v) is 6.01. The van der Waals surface area contributed by atoms with Crippen molar-refractivity contribution in [2.24, 2.45) is 5.84 Å². The minimum absolute atomic E-state index is 0.131. The molecule has 1 heterocycles. The van der Waals surface area contributed by atoms with Gasteiger partial charge in [0.15, 0.2) is 0 Å². The van der Waals surface area contributed by atoms with E-state index in [1.807, 2.05) is 6.07 Å². The van der Waals surface area contributed by atoms with Crippen molar-refractivity contribution in [3.63, 3.8) is 0 Å². The van der Waals surface area contributed by atoms with Crippen LogP contribution in [0.2, 0.25) is 0 Å². The summed E-state index contributed by atoms with van der Waals surface area (Å²) in [6.45, 7) is 0.734. The second kappa shape index (κ2) is 5.79. The fourth-order valence-corrected chi connectivity index (χ4v) is 2.39. The van der Waals surface area contributed by atoms with Crippen LogP contribution in [0.3, 0.4) is 0 Å². The van der Waals surface area contributed by atoms with Gasteiger partial charge in [-0.05, 0) is 12.8 Å². The summed E-state index contributed by atoms with van der Waals surface area (Å²) in [5.41, 5.74) is 2.51. The molecular weight excluding hydrogens is 218 g/mol. The molecule has 0 unspecified atom stereocenters. The van der Waals surface area contributed by atoms with Gasteiger partial charge in [-0.3, -0.25) is 0 Å². The van der Waals surface area contributed by atoms with E-state index in [0.29, 0.717) is 18.4 Å². The number of nitrogen functional groups attached to an aromatic ring is 1. The van der Waals surface area contributed by atoms with Crippen molar-refractivity contribution < 1.29 is 5.11 Å². The third kappa shape index (κ3) is 2.83. The fourth-order valence-electron chi connectivity index (χ4n) is 2.39. The quantitative estimate of drug-likeness (QED) is 0.511. The summed E-state index contributed by atoms with van der Waals surface area (Å²) >= 11 is 0. The summed E-state index contributed by atoms with van der Waals surface area (Å²) in [6.07, 6.45) is 6.31. The molecule has 0 aliphatic heterocycles. The minimum atomic E-state index is 0.131. The van der Waals surface area contributed by atoms with Gasteiger partial charge in [-0.25, -0.2) is 15.8 Å². The average molecular weight is 237 g/mol. The SMILES string of the molecule is NNc1cc(N(CCO)C2CCCC2)ncn1. The van der Waals surface area contributed by atoms with E-state index in [4.69, 9.17) is 10.9 Å². The highest BCUT2D eigenvalue weighted by Gasteiger charge is 2.23. The number of aromatic nitrogens is 2. The molecule has 0 radical (unpaired) electrons. The van der Waals surface area contributed by atoms with Gasteiger partial charge in [0, 0.05) is 18.7 Å². The smallest absolute Gasteiger partial charge is 0.145 e. The van der Waals surface area contributed by atoms with Gasteiger partial charge in [0.05, 0.1) is 6.61 Å². The topological polar surface area (TPSA) is 87.3 Å². The van der Waals surface area contributed by atoms with E-state index in [1.165, 1.54) is 19.2 Å².